The molecule has 2 rings (SSSR count). The third kappa shape index (κ3) is 5.18. The van der Waals surface area contributed by atoms with Gasteiger partial charge in [-0.3, -0.25) is 0 Å². The Balaban J connectivity index is 1.89. The van der Waals surface area contributed by atoms with Crippen LogP contribution in [0.4, 0.5) is 0 Å². The molecule has 2 aromatic rings. The molecule has 23 heavy (non-hydrogen) atoms. The lowest BCUT2D eigenvalue weighted by Gasteiger charge is -2.10. The Kier molecular flexibility index (Phi) is 6.76. The second-order valence-electron chi connectivity index (χ2n) is 5.33. The van der Waals surface area contributed by atoms with Gasteiger partial charge in [-0.15, -0.1) is 0 Å². The van der Waals surface area contributed by atoms with Crippen molar-refractivity contribution >= 4 is 0 Å². The average Bonchev–Trinajstić information content (AvgIpc) is 2.60. The van der Waals surface area contributed by atoms with Crippen molar-refractivity contribution in [1.82, 2.24) is 0 Å². The van der Waals surface area contributed by atoms with E-state index in [9.17, 15) is 0 Å². The molecule has 2 aromatic carbocycles. The van der Waals surface area contributed by atoms with Crippen molar-refractivity contribution in [1.29, 1.82) is 0 Å². The van der Waals surface area contributed by atoms with Crippen molar-refractivity contribution < 1.29 is 14.2 Å². The topological polar surface area (TPSA) is 53.7 Å². The minimum Gasteiger partial charge on any atom is -0.493 e. The van der Waals surface area contributed by atoms with Gasteiger partial charge in [0, 0.05) is 6.54 Å². The molecule has 0 saturated carbocycles. The van der Waals surface area contributed by atoms with E-state index in [0.29, 0.717) is 13.2 Å². The molecule has 0 aliphatic carbocycles. The lowest BCUT2D eigenvalue weighted by molar-refractivity contribution is 0.328. The van der Waals surface area contributed by atoms with Gasteiger partial charge < -0.3 is 19.9 Å². The summed E-state index contributed by atoms with van der Waals surface area (Å²) >= 11 is 0. The molecule has 0 heterocycles. The van der Waals surface area contributed by atoms with Crippen LogP contribution in [-0.2, 0) is 12.8 Å². The zero-order valence-electron chi connectivity index (χ0n) is 13.9. The van der Waals surface area contributed by atoms with Crippen LogP contribution in [0, 0.1) is 0 Å². The minimum atomic E-state index is 0.531. The Morgan fingerprint density at radius 3 is 2.30 bits per heavy atom. The third-order valence-corrected chi connectivity index (χ3v) is 3.66. The maximum absolute atomic E-state index is 5.56. The summed E-state index contributed by atoms with van der Waals surface area (Å²) in [7, 11) is 3.31. The van der Waals surface area contributed by atoms with E-state index in [4.69, 9.17) is 19.9 Å². The summed E-state index contributed by atoms with van der Waals surface area (Å²) in [5, 5.41) is 0. The first-order valence-electron chi connectivity index (χ1n) is 7.89. The van der Waals surface area contributed by atoms with Gasteiger partial charge in [0.25, 0.3) is 0 Å². The Morgan fingerprint density at radius 2 is 1.61 bits per heavy atom. The molecule has 0 atom stereocenters. The van der Waals surface area contributed by atoms with Crippen LogP contribution in [0.25, 0.3) is 0 Å². The van der Waals surface area contributed by atoms with Gasteiger partial charge in [0.1, 0.15) is 12.4 Å². The second kappa shape index (κ2) is 9.06. The fourth-order valence-corrected chi connectivity index (χ4v) is 2.50. The van der Waals surface area contributed by atoms with Crippen molar-refractivity contribution in [3.05, 3.63) is 53.6 Å². The maximum atomic E-state index is 5.56. The van der Waals surface area contributed by atoms with Gasteiger partial charge in [0.15, 0.2) is 11.5 Å². The van der Waals surface area contributed by atoms with Gasteiger partial charge in [0.05, 0.1) is 14.2 Å². The smallest absolute Gasteiger partial charge is 0.160 e. The van der Waals surface area contributed by atoms with Gasteiger partial charge in [-0.05, 0) is 54.7 Å². The first kappa shape index (κ1) is 17.2. The molecule has 0 spiro atoms. The summed E-state index contributed by atoms with van der Waals surface area (Å²) in [6.45, 7) is 1.08. The molecule has 4 heteroatoms. The Morgan fingerprint density at radius 1 is 0.870 bits per heavy atom. The van der Waals surface area contributed by atoms with Crippen molar-refractivity contribution in [3.63, 3.8) is 0 Å². The summed E-state index contributed by atoms with van der Waals surface area (Å²) in [4.78, 5) is 0. The zero-order valence-corrected chi connectivity index (χ0v) is 13.9. The highest BCUT2D eigenvalue weighted by atomic mass is 16.5. The molecule has 0 unspecified atom stereocenters. The van der Waals surface area contributed by atoms with Crippen LogP contribution in [0.3, 0.4) is 0 Å². The highest BCUT2D eigenvalue weighted by Crippen LogP contribution is 2.28. The number of nitrogens with two attached hydrogens (primary N) is 1. The lowest BCUT2D eigenvalue weighted by atomic mass is 10.0. The van der Waals surface area contributed by atoms with Crippen LogP contribution >= 0.6 is 0 Å². The molecule has 0 amide bonds. The van der Waals surface area contributed by atoms with Gasteiger partial charge in [-0.1, -0.05) is 18.2 Å². The summed E-state index contributed by atoms with van der Waals surface area (Å²) in [6.07, 6.45) is 3.07. The summed E-state index contributed by atoms with van der Waals surface area (Å²) in [5.41, 5.74) is 7.99. The number of hydrogen-bond donors (Lipinski definition) is 1. The molecule has 0 aliphatic rings. The first-order valence-corrected chi connectivity index (χ1v) is 7.89. The van der Waals surface area contributed by atoms with E-state index in [1.165, 1.54) is 11.1 Å². The number of hydrogen-bond acceptors (Lipinski definition) is 4. The monoisotopic (exact) mass is 315 g/mol. The van der Waals surface area contributed by atoms with Crippen LogP contribution < -0.4 is 19.9 Å². The minimum absolute atomic E-state index is 0.531. The molecular weight excluding hydrogens is 290 g/mol. The SMILES string of the molecule is COc1ccc(CCCc2cccc(OCCN)c2)cc1OC. The molecule has 0 fully saturated rings. The van der Waals surface area contributed by atoms with E-state index in [0.717, 1.165) is 36.5 Å². The van der Waals surface area contributed by atoms with Gasteiger partial charge in [-0.2, -0.15) is 0 Å². The van der Waals surface area contributed by atoms with Crippen LogP contribution in [0.2, 0.25) is 0 Å². The van der Waals surface area contributed by atoms with E-state index < -0.39 is 0 Å². The molecule has 0 aromatic heterocycles. The van der Waals surface area contributed by atoms with Gasteiger partial charge >= 0.3 is 0 Å². The predicted molar refractivity (Wildman–Crippen MR) is 92.6 cm³/mol. The zero-order chi connectivity index (χ0) is 16.5. The average molecular weight is 315 g/mol. The number of benzene rings is 2. The maximum Gasteiger partial charge on any atom is 0.160 e. The molecule has 0 bridgehead atoms. The fourth-order valence-electron chi connectivity index (χ4n) is 2.50. The van der Waals surface area contributed by atoms with Crippen molar-refractivity contribution in [2.75, 3.05) is 27.4 Å². The molecule has 0 aliphatic heterocycles. The first-order chi connectivity index (χ1) is 11.3. The standard InChI is InChI=1S/C19H25NO3/c1-21-18-10-9-16(14-19(18)22-2)6-3-5-15-7-4-8-17(13-15)23-12-11-20/h4,7-10,13-14H,3,5-6,11-12,20H2,1-2H3. The molecule has 0 saturated heterocycles. The lowest BCUT2D eigenvalue weighted by Crippen LogP contribution is -2.10. The van der Waals surface area contributed by atoms with E-state index >= 15 is 0 Å². The predicted octanol–water partition coefficient (Wildman–Crippen LogP) is 3.22. The Labute approximate surface area is 138 Å². The fraction of sp³-hybridized carbons (Fsp3) is 0.368. The highest BCUT2D eigenvalue weighted by molar-refractivity contribution is 5.43. The van der Waals surface area contributed by atoms with E-state index in [1.807, 2.05) is 24.3 Å². The Hall–Kier alpha value is -2.20. The van der Waals surface area contributed by atoms with Crippen molar-refractivity contribution in [2.45, 2.75) is 19.3 Å². The number of rotatable bonds is 9. The number of ether oxygens (including phenoxy) is 3. The number of methoxy groups -OCH3 is 2. The normalized spacial score (nSPS) is 10.4. The van der Waals surface area contributed by atoms with Crippen molar-refractivity contribution in [2.24, 2.45) is 5.73 Å². The van der Waals surface area contributed by atoms with Gasteiger partial charge in [0.2, 0.25) is 0 Å². The van der Waals surface area contributed by atoms with Gasteiger partial charge in [-0.25, -0.2) is 0 Å². The largest absolute Gasteiger partial charge is 0.493 e. The van der Waals surface area contributed by atoms with Crippen LogP contribution in [0.1, 0.15) is 17.5 Å². The third-order valence-electron chi connectivity index (χ3n) is 3.66. The van der Waals surface area contributed by atoms with Crippen LogP contribution in [-0.4, -0.2) is 27.4 Å². The quantitative estimate of drug-likeness (QED) is 0.772. The van der Waals surface area contributed by atoms with Crippen LogP contribution in [0.5, 0.6) is 17.2 Å². The summed E-state index contributed by atoms with van der Waals surface area (Å²) in [6, 6.07) is 14.3. The second-order valence-corrected chi connectivity index (χ2v) is 5.33. The van der Waals surface area contributed by atoms with Crippen LogP contribution in [0.15, 0.2) is 42.5 Å². The Bertz CT molecular complexity index is 613. The summed E-state index contributed by atoms with van der Waals surface area (Å²) in [5.74, 6) is 2.43. The van der Waals surface area contributed by atoms with Crippen molar-refractivity contribution in [3.8, 4) is 17.2 Å². The number of aryl methyl sites for hydroxylation is 2. The summed E-state index contributed by atoms with van der Waals surface area (Å²) < 4.78 is 16.2. The van der Waals surface area contributed by atoms with E-state index in [2.05, 4.69) is 18.2 Å². The molecule has 0 radical (unpaired) electrons. The molecule has 4 nitrogen and oxygen atoms in total. The molecular formula is C19H25NO3. The van der Waals surface area contributed by atoms with E-state index in [1.54, 1.807) is 14.2 Å². The molecule has 124 valence electrons. The van der Waals surface area contributed by atoms with E-state index in [-0.39, 0.29) is 0 Å². The molecule has 2 N–H and O–H groups in total. The highest BCUT2D eigenvalue weighted by Gasteiger charge is 2.05.